The van der Waals surface area contributed by atoms with E-state index in [4.69, 9.17) is 5.73 Å². The lowest BCUT2D eigenvalue weighted by molar-refractivity contribution is 0.817. The van der Waals surface area contributed by atoms with Crippen LogP contribution in [0, 0.1) is 6.92 Å². The number of hydrogen-bond donors (Lipinski definition) is 1. The summed E-state index contributed by atoms with van der Waals surface area (Å²) in [5.41, 5.74) is 11.0. The fourth-order valence-corrected chi connectivity index (χ4v) is 2.17. The number of anilines is 1. The normalized spacial score (nSPS) is 12.2. The molecule has 2 aromatic carbocycles. The Hall–Kier alpha value is -1.80. The summed E-state index contributed by atoms with van der Waals surface area (Å²) >= 11 is 0. The molecule has 19 heavy (non-hydrogen) atoms. The van der Waals surface area contributed by atoms with E-state index < -0.39 is 0 Å². The third kappa shape index (κ3) is 3.36. The van der Waals surface area contributed by atoms with E-state index in [-0.39, 0.29) is 6.04 Å². The SMILES string of the molecule is Cc1ccccc1CN(C)c1ccc([C@H](C)N)cc1. The average Bonchev–Trinajstić information content (AvgIpc) is 2.41. The first-order valence-corrected chi connectivity index (χ1v) is 6.69. The molecule has 0 aliphatic carbocycles. The molecule has 0 fully saturated rings. The van der Waals surface area contributed by atoms with Gasteiger partial charge in [-0.25, -0.2) is 0 Å². The molecule has 0 aliphatic rings. The highest BCUT2D eigenvalue weighted by Gasteiger charge is 2.05. The highest BCUT2D eigenvalue weighted by molar-refractivity contribution is 5.48. The molecule has 2 aromatic rings. The zero-order chi connectivity index (χ0) is 13.8. The molecule has 0 aliphatic heterocycles. The Morgan fingerprint density at radius 2 is 1.68 bits per heavy atom. The van der Waals surface area contributed by atoms with Crippen molar-refractivity contribution in [1.29, 1.82) is 0 Å². The van der Waals surface area contributed by atoms with E-state index >= 15 is 0 Å². The quantitative estimate of drug-likeness (QED) is 0.902. The Morgan fingerprint density at radius 3 is 2.26 bits per heavy atom. The molecular formula is C17H22N2. The van der Waals surface area contributed by atoms with Gasteiger partial charge in [-0.3, -0.25) is 0 Å². The van der Waals surface area contributed by atoms with Crippen molar-refractivity contribution in [2.45, 2.75) is 26.4 Å². The van der Waals surface area contributed by atoms with Gasteiger partial charge in [-0.05, 0) is 42.7 Å². The van der Waals surface area contributed by atoms with Gasteiger partial charge in [0.2, 0.25) is 0 Å². The van der Waals surface area contributed by atoms with Crippen molar-refractivity contribution in [1.82, 2.24) is 0 Å². The van der Waals surface area contributed by atoms with Gasteiger partial charge in [0.05, 0.1) is 0 Å². The molecule has 2 N–H and O–H groups in total. The van der Waals surface area contributed by atoms with Gasteiger partial charge in [-0.15, -0.1) is 0 Å². The third-order valence-corrected chi connectivity index (χ3v) is 3.53. The maximum absolute atomic E-state index is 5.87. The van der Waals surface area contributed by atoms with Crippen molar-refractivity contribution >= 4 is 5.69 Å². The average molecular weight is 254 g/mol. The minimum atomic E-state index is 0.0933. The first-order chi connectivity index (χ1) is 9.08. The molecule has 0 aromatic heterocycles. The zero-order valence-corrected chi connectivity index (χ0v) is 11.9. The van der Waals surface area contributed by atoms with E-state index in [0.29, 0.717) is 0 Å². The van der Waals surface area contributed by atoms with E-state index in [9.17, 15) is 0 Å². The predicted octanol–water partition coefficient (Wildman–Crippen LogP) is 3.65. The highest BCUT2D eigenvalue weighted by atomic mass is 15.1. The summed E-state index contributed by atoms with van der Waals surface area (Å²) in [4.78, 5) is 2.26. The Balaban J connectivity index is 2.12. The lowest BCUT2D eigenvalue weighted by atomic mass is 10.1. The van der Waals surface area contributed by atoms with E-state index in [0.717, 1.165) is 6.54 Å². The van der Waals surface area contributed by atoms with Crippen LogP contribution in [0.5, 0.6) is 0 Å². The van der Waals surface area contributed by atoms with E-state index in [2.05, 4.69) is 67.4 Å². The van der Waals surface area contributed by atoms with Crippen molar-refractivity contribution in [2.75, 3.05) is 11.9 Å². The Kier molecular flexibility index (Phi) is 4.23. The van der Waals surface area contributed by atoms with Gasteiger partial charge in [-0.2, -0.15) is 0 Å². The maximum atomic E-state index is 5.87. The second-order valence-electron chi connectivity index (χ2n) is 5.16. The van der Waals surface area contributed by atoms with Crippen LogP contribution in [0.4, 0.5) is 5.69 Å². The van der Waals surface area contributed by atoms with Crippen molar-refractivity contribution in [3.05, 3.63) is 65.2 Å². The molecule has 2 heteroatoms. The summed E-state index contributed by atoms with van der Waals surface area (Å²) in [7, 11) is 2.12. The van der Waals surface area contributed by atoms with Crippen molar-refractivity contribution in [3.63, 3.8) is 0 Å². The Morgan fingerprint density at radius 1 is 1.05 bits per heavy atom. The fraction of sp³-hybridized carbons (Fsp3) is 0.294. The first-order valence-electron chi connectivity index (χ1n) is 6.69. The van der Waals surface area contributed by atoms with Gasteiger partial charge in [-0.1, -0.05) is 36.4 Å². The largest absolute Gasteiger partial charge is 0.370 e. The summed E-state index contributed by atoms with van der Waals surface area (Å²) in [5, 5.41) is 0. The number of aryl methyl sites for hydroxylation is 1. The number of nitrogens with two attached hydrogens (primary N) is 1. The first kappa shape index (κ1) is 13.6. The van der Waals surface area contributed by atoms with Crippen LogP contribution in [0.2, 0.25) is 0 Å². The van der Waals surface area contributed by atoms with Crippen LogP contribution in [-0.4, -0.2) is 7.05 Å². The lowest BCUT2D eigenvalue weighted by Gasteiger charge is -2.21. The minimum absolute atomic E-state index is 0.0933. The topological polar surface area (TPSA) is 29.3 Å². The summed E-state index contributed by atoms with van der Waals surface area (Å²) < 4.78 is 0. The molecule has 2 nitrogen and oxygen atoms in total. The summed E-state index contributed by atoms with van der Waals surface area (Å²) in [6.45, 7) is 5.08. The van der Waals surface area contributed by atoms with Crippen molar-refractivity contribution in [3.8, 4) is 0 Å². The van der Waals surface area contributed by atoms with E-state index in [1.807, 2.05) is 6.92 Å². The number of benzene rings is 2. The van der Waals surface area contributed by atoms with Crippen LogP contribution in [0.3, 0.4) is 0 Å². The molecule has 0 spiro atoms. The summed E-state index contributed by atoms with van der Waals surface area (Å²) in [5.74, 6) is 0. The van der Waals surface area contributed by atoms with Crippen LogP contribution in [0.15, 0.2) is 48.5 Å². The van der Waals surface area contributed by atoms with Gasteiger partial charge in [0.15, 0.2) is 0 Å². The summed E-state index contributed by atoms with van der Waals surface area (Å²) in [6.07, 6.45) is 0. The second-order valence-corrected chi connectivity index (χ2v) is 5.16. The summed E-state index contributed by atoms with van der Waals surface area (Å²) in [6, 6.07) is 17.1. The van der Waals surface area contributed by atoms with Crippen LogP contribution < -0.4 is 10.6 Å². The van der Waals surface area contributed by atoms with Gasteiger partial charge in [0.25, 0.3) is 0 Å². The van der Waals surface area contributed by atoms with Crippen LogP contribution in [0.25, 0.3) is 0 Å². The van der Waals surface area contributed by atoms with Gasteiger partial charge < -0.3 is 10.6 Å². The second kappa shape index (κ2) is 5.89. The van der Waals surface area contributed by atoms with Crippen LogP contribution >= 0.6 is 0 Å². The molecule has 2 rings (SSSR count). The Bertz CT molecular complexity index is 529. The van der Waals surface area contributed by atoms with Crippen molar-refractivity contribution < 1.29 is 0 Å². The molecular weight excluding hydrogens is 232 g/mol. The number of rotatable bonds is 4. The van der Waals surface area contributed by atoms with E-state index in [1.165, 1.54) is 22.4 Å². The third-order valence-electron chi connectivity index (χ3n) is 3.53. The number of nitrogens with zero attached hydrogens (tertiary/aromatic N) is 1. The molecule has 100 valence electrons. The molecule has 0 saturated heterocycles. The molecule has 0 heterocycles. The Labute approximate surface area is 115 Å². The van der Waals surface area contributed by atoms with Gasteiger partial charge in [0, 0.05) is 25.3 Å². The highest BCUT2D eigenvalue weighted by Crippen LogP contribution is 2.19. The predicted molar refractivity (Wildman–Crippen MR) is 82.3 cm³/mol. The van der Waals surface area contributed by atoms with E-state index in [1.54, 1.807) is 0 Å². The van der Waals surface area contributed by atoms with Crippen molar-refractivity contribution in [2.24, 2.45) is 5.73 Å². The molecule has 1 atom stereocenters. The molecule has 0 radical (unpaired) electrons. The smallest absolute Gasteiger partial charge is 0.0428 e. The monoisotopic (exact) mass is 254 g/mol. The molecule has 0 bridgehead atoms. The molecule has 0 amide bonds. The number of hydrogen-bond acceptors (Lipinski definition) is 2. The molecule has 0 saturated carbocycles. The maximum Gasteiger partial charge on any atom is 0.0428 e. The van der Waals surface area contributed by atoms with Gasteiger partial charge in [0.1, 0.15) is 0 Å². The van der Waals surface area contributed by atoms with Gasteiger partial charge >= 0.3 is 0 Å². The lowest BCUT2D eigenvalue weighted by Crippen LogP contribution is -2.17. The standard InChI is InChI=1S/C17H22N2/c1-13-6-4-5-7-16(13)12-19(3)17-10-8-15(9-11-17)14(2)18/h4-11,14H,12,18H2,1-3H3/t14-/m0/s1. The molecule has 0 unspecified atom stereocenters. The van der Waals surface area contributed by atoms with Crippen LogP contribution in [-0.2, 0) is 6.54 Å². The fourth-order valence-electron chi connectivity index (χ4n) is 2.17. The zero-order valence-electron chi connectivity index (χ0n) is 11.9. The van der Waals surface area contributed by atoms with Crippen LogP contribution in [0.1, 0.15) is 29.7 Å². The minimum Gasteiger partial charge on any atom is -0.370 e.